The number of esters is 1. The van der Waals surface area contributed by atoms with E-state index in [1.54, 1.807) is 18.1 Å². The molecule has 0 saturated carbocycles. The molecule has 0 aliphatic carbocycles. The summed E-state index contributed by atoms with van der Waals surface area (Å²) in [7, 11) is 2.92. The first kappa shape index (κ1) is 19.9. The topological polar surface area (TPSA) is 55.8 Å². The van der Waals surface area contributed by atoms with Gasteiger partial charge in [-0.1, -0.05) is 38.1 Å². The molecule has 0 radical (unpaired) electrons. The van der Waals surface area contributed by atoms with Crippen molar-refractivity contribution in [3.63, 3.8) is 0 Å². The molecule has 0 aromatic heterocycles. The minimum Gasteiger partial charge on any atom is -0.469 e. The average molecular weight is 333 g/mol. The van der Waals surface area contributed by atoms with Gasteiger partial charge in [0, 0.05) is 26.3 Å². The number of ether oxygens (including phenoxy) is 2. The molecule has 0 bridgehead atoms. The Kier molecular flexibility index (Phi) is 8.79. The zero-order valence-corrected chi connectivity index (χ0v) is 15.0. The van der Waals surface area contributed by atoms with Crippen LogP contribution in [0.1, 0.15) is 37.3 Å². The van der Waals surface area contributed by atoms with Crippen molar-refractivity contribution >= 4 is 18.0 Å². The predicted octanol–water partition coefficient (Wildman–Crippen LogP) is 2.86. The summed E-state index contributed by atoms with van der Waals surface area (Å²) in [6.45, 7) is 5.45. The monoisotopic (exact) mass is 333 g/mol. The molecule has 1 aromatic carbocycles. The van der Waals surface area contributed by atoms with E-state index in [1.165, 1.54) is 18.7 Å². The number of rotatable bonds is 9. The zero-order valence-electron chi connectivity index (χ0n) is 15.0. The summed E-state index contributed by atoms with van der Waals surface area (Å²) in [6.07, 6.45) is 3.48. The Morgan fingerprint density at radius 2 is 1.79 bits per heavy atom. The lowest BCUT2D eigenvalue weighted by Gasteiger charge is -2.20. The fourth-order valence-electron chi connectivity index (χ4n) is 2.13. The Balaban J connectivity index is 2.69. The summed E-state index contributed by atoms with van der Waals surface area (Å²) in [5.41, 5.74) is 2.23. The van der Waals surface area contributed by atoms with Crippen LogP contribution < -0.4 is 0 Å². The summed E-state index contributed by atoms with van der Waals surface area (Å²) in [5.74, 6) is -0.00474. The third-order valence-corrected chi connectivity index (χ3v) is 3.71. The first-order valence-electron chi connectivity index (χ1n) is 8.10. The summed E-state index contributed by atoms with van der Waals surface area (Å²) < 4.78 is 9.64. The van der Waals surface area contributed by atoms with Crippen molar-refractivity contribution in [3.8, 4) is 0 Å². The van der Waals surface area contributed by atoms with E-state index in [-0.39, 0.29) is 18.3 Å². The highest BCUT2D eigenvalue weighted by Crippen LogP contribution is 2.15. The molecule has 1 amide bonds. The highest BCUT2D eigenvalue weighted by atomic mass is 16.5. The maximum Gasteiger partial charge on any atom is 0.307 e. The summed E-state index contributed by atoms with van der Waals surface area (Å²) >= 11 is 0. The first-order chi connectivity index (χ1) is 11.5. The average Bonchev–Trinajstić information content (AvgIpc) is 2.59. The van der Waals surface area contributed by atoms with Gasteiger partial charge in [0.05, 0.1) is 20.1 Å². The van der Waals surface area contributed by atoms with Gasteiger partial charge in [-0.05, 0) is 23.1 Å². The Morgan fingerprint density at radius 1 is 1.12 bits per heavy atom. The second kappa shape index (κ2) is 10.6. The van der Waals surface area contributed by atoms with Gasteiger partial charge < -0.3 is 14.4 Å². The molecule has 0 spiro atoms. The Bertz CT molecular complexity index is 549. The fourth-order valence-corrected chi connectivity index (χ4v) is 2.13. The molecule has 132 valence electrons. The van der Waals surface area contributed by atoms with Crippen LogP contribution in [-0.2, 0) is 19.1 Å². The van der Waals surface area contributed by atoms with Crippen LogP contribution in [0.5, 0.6) is 0 Å². The van der Waals surface area contributed by atoms with E-state index in [4.69, 9.17) is 4.74 Å². The number of nitrogens with zero attached hydrogens (tertiary/aromatic N) is 1. The maximum absolute atomic E-state index is 12.3. The lowest BCUT2D eigenvalue weighted by atomic mass is 10.0. The molecular weight excluding hydrogens is 306 g/mol. The molecule has 1 aromatic rings. The molecule has 0 unspecified atom stereocenters. The highest BCUT2D eigenvalue weighted by Gasteiger charge is 2.12. The molecule has 0 N–H and O–H groups in total. The van der Waals surface area contributed by atoms with Crippen LogP contribution in [0.15, 0.2) is 30.3 Å². The second-order valence-corrected chi connectivity index (χ2v) is 5.80. The van der Waals surface area contributed by atoms with Gasteiger partial charge in [0.25, 0.3) is 0 Å². The molecule has 0 heterocycles. The molecule has 5 heteroatoms. The number of hydrogen-bond donors (Lipinski definition) is 0. The SMILES string of the molecule is COCCN(CCC(=O)OC)C(=O)/C=C/c1ccc(C(C)C)cc1. The van der Waals surface area contributed by atoms with E-state index >= 15 is 0 Å². The minimum absolute atomic E-state index is 0.149. The van der Waals surface area contributed by atoms with E-state index in [2.05, 4.69) is 30.7 Å². The van der Waals surface area contributed by atoms with Gasteiger partial charge in [0.15, 0.2) is 0 Å². The minimum atomic E-state index is -0.335. The lowest BCUT2D eigenvalue weighted by Crippen LogP contribution is -2.34. The molecule has 0 saturated heterocycles. The van der Waals surface area contributed by atoms with Gasteiger partial charge in [-0.15, -0.1) is 0 Å². The second-order valence-electron chi connectivity index (χ2n) is 5.80. The fraction of sp³-hybridized carbons (Fsp3) is 0.474. The van der Waals surface area contributed by atoms with E-state index in [9.17, 15) is 9.59 Å². The number of amides is 1. The van der Waals surface area contributed by atoms with Crippen molar-refractivity contribution in [1.82, 2.24) is 4.90 Å². The standard InChI is InChI=1S/C19H27NO4/c1-15(2)17-8-5-16(6-9-17)7-10-18(21)20(13-14-23-3)12-11-19(22)24-4/h5-10,15H,11-14H2,1-4H3/b10-7+. The van der Waals surface area contributed by atoms with Gasteiger partial charge in [0.2, 0.25) is 5.91 Å². The molecule has 1 rings (SSSR count). The Hall–Kier alpha value is -2.14. The number of carbonyl (C=O) groups excluding carboxylic acids is 2. The summed E-state index contributed by atoms with van der Waals surface area (Å²) in [6, 6.07) is 8.11. The van der Waals surface area contributed by atoms with Gasteiger partial charge in [0.1, 0.15) is 0 Å². The summed E-state index contributed by atoms with van der Waals surface area (Å²) in [5, 5.41) is 0. The van der Waals surface area contributed by atoms with Gasteiger partial charge in [-0.2, -0.15) is 0 Å². The van der Waals surface area contributed by atoms with Crippen molar-refractivity contribution in [2.45, 2.75) is 26.2 Å². The van der Waals surface area contributed by atoms with E-state index in [1.807, 2.05) is 12.1 Å². The van der Waals surface area contributed by atoms with E-state index < -0.39 is 0 Å². The molecule has 0 fully saturated rings. The molecule has 0 aliphatic heterocycles. The quantitative estimate of drug-likeness (QED) is 0.515. The molecule has 5 nitrogen and oxygen atoms in total. The van der Waals surface area contributed by atoms with Crippen molar-refractivity contribution in [2.24, 2.45) is 0 Å². The van der Waals surface area contributed by atoms with Crippen LogP contribution >= 0.6 is 0 Å². The van der Waals surface area contributed by atoms with Crippen LogP contribution in [0, 0.1) is 0 Å². The normalized spacial score (nSPS) is 11.0. The molecule has 0 aliphatic rings. The highest BCUT2D eigenvalue weighted by molar-refractivity contribution is 5.92. The number of hydrogen-bond acceptors (Lipinski definition) is 4. The van der Waals surface area contributed by atoms with Crippen molar-refractivity contribution in [2.75, 3.05) is 33.9 Å². The molecular formula is C19H27NO4. The van der Waals surface area contributed by atoms with E-state index in [0.717, 1.165) is 5.56 Å². The van der Waals surface area contributed by atoms with Crippen molar-refractivity contribution in [3.05, 3.63) is 41.5 Å². The predicted molar refractivity (Wildman–Crippen MR) is 94.7 cm³/mol. The summed E-state index contributed by atoms with van der Waals surface area (Å²) in [4.78, 5) is 25.2. The van der Waals surface area contributed by atoms with Crippen LogP contribution in [0.25, 0.3) is 6.08 Å². The van der Waals surface area contributed by atoms with Crippen LogP contribution in [-0.4, -0.2) is 50.7 Å². The number of carbonyl (C=O) groups is 2. The maximum atomic E-state index is 12.3. The third-order valence-electron chi connectivity index (χ3n) is 3.71. The van der Waals surface area contributed by atoms with Crippen LogP contribution in [0.2, 0.25) is 0 Å². The van der Waals surface area contributed by atoms with Crippen molar-refractivity contribution < 1.29 is 19.1 Å². The van der Waals surface area contributed by atoms with Gasteiger partial charge >= 0.3 is 5.97 Å². The van der Waals surface area contributed by atoms with Gasteiger partial charge in [-0.25, -0.2) is 0 Å². The molecule has 0 atom stereocenters. The Labute approximate surface area is 144 Å². The largest absolute Gasteiger partial charge is 0.469 e. The number of methoxy groups -OCH3 is 2. The lowest BCUT2D eigenvalue weighted by molar-refractivity contribution is -0.141. The van der Waals surface area contributed by atoms with Crippen molar-refractivity contribution in [1.29, 1.82) is 0 Å². The smallest absolute Gasteiger partial charge is 0.307 e. The molecule has 24 heavy (non-hydrogen) atoms. The number of benzene rings is 1. The van der Waals surface area contributed by atoms with Crippen LogP contribution in [0.4, 0.5) is 0 Å². The third kappa shape index (κ3) is 6.96. The zero-order chi connectivity index (χ0) is 17.9. The first-order valence-corrected chi connectivity index (χ1v) is 8.10. The van der Waals surface area contributed by atoms with Crippen LogP contribution in [0.3, 0.4) is 0 Å². The van der Waals surface area contributed by atoms with Gasteiger partial charge in [-0.3, -0.25) is 9.59 Å². The van der Waals surface area contributed by atoms with E-state index in [0.29, 0.717) is 25.6 Å². The Morgan fingerprint density at radius 3 is 2.33 bits per heavy atom.